The Morgan fingerprint density at radius 2 is 1.29 bits per heavy atom. The fourth-order valence-corrected chi connectivity index (χ4v) is 4.80. The summed E-state index contributed by atoms with van der Waals surface area (Å²) in [5, 5.41) is 0. The molecule has 0 radical (unpaired) electrons. The minimum Gasteiger partial charge on any atom is -0.338 e. The smallest absolute Gasteiger partial charge is 0.332 e. The summed E-state index contributed by atoms with van der Waals surface area (Å²) >= 11 is 0. The van der Waals surface area contributed by atoms with Gasteiger partial charge in [0.15, 0.2) is 5.78 Å². The van der Waals surface area contributed by atoms with Crippen molar-refractivity contribution in [2.75, 3.05) is 24.5 Å². The lowest BCUT2D eigenvalue weighted by Crippen LogP contribution is -2.48. The third-order valence-electron chi connectivity index (χ3n) is 6.64. The molecule has 35 heavy (non-hydrogen) atoms. The number of likely N-dealkylation sites (tertiary alicyclic amines) is 1. The van der Waals surface area contributed by atoms with E-state index < -0.39 is 0 Å². The molecule has 3 aromatic rings. The molecule has 2 saturated heterocycles. The normalized spacial score (nSPS) is 16.6. The minimum atomic E-state index is -0.315. The molecule has 3 aromatic carbocycles. The maximum atomic E-state index is 13.4. The third kappa shape index (κ3) is 4.33. The molecule has 2 heterocycles. The second kappa shape index (κ2) is 9.54. The van der Waals surface area contributed by atoms with E-state index in [9.17, 15) is 19.2 Å². The van der Waals surface area contributed by atoms with Gasteiger partial charge in [-0.2, -0.15) is 0 Å². The Hall–Kier alpha value is -4.26. The number of nitrogens with zero attached hydrogens (tertiary/aromatic N) is 3. The van der Waals surface area contributed by atoms with Crippen LogP contribution in [0.4, 0.5) is 10.5 Å². The topological polar surface area (TPSA) is 78.0 Å². The Morgan fingerprint density at radius 3 is 1.94 bits per heavy atom. The van der Waals surface area contributed by atoms with Crippen LogP contribution in [0.3, 0.4) is 0 Å². The van der Waals surface area contributed by atoms with Crippen LogP contribution in [0.2, 0.25) is 0 Å². The lowest BCUT2D eigenvalue weighted by molar-refractivity contribution is -0.116. The summed E-state index contributed by atoms with van der Waals surface area (Å²) in [4.78, 5) is 56.6. The standard InChI is InChI=1S/C28H25N3O4/c32-25-19-30(28(35)31(25)22-11-5-2-6-12-22)21-15-17-29(18-16-21)27(34)24-14-8-7-13-23(24)26(33)20-9-3-1-4-10-20/h1-14,21H,15-19H2. The number of para-hydroxylation sites is 1. The molecule has 7 heteroatoms. The van der Waals surface area contributed by atoms with E-state index in [1.165, 1.54) is 4.90 Å². The average molecular weight is 468 g/mol. The highest BCUT2D eigenvalue weighted by atomic mass is 16.2. The molecule has 2 aliphatic rings. The fraction of sp³-hybridized carbons (Fsp3) is 0.214. The van der Waals surface area contributed by atoms with Crippen molar-refractivity contribution < 1.29 is 19.2 Å². The van der Waals surface area contributed by atoms with Gasteiger partial charge in [-0.3, -0.25) is 14.4 Å². The zero-order chi connectivity index (χ0) is 24.4. The van der Waals surface area contributed by atoms with Gasteiger partial charge in [0.05, 0.1) is 11.3 Å². The molecular weight excluding hydrogens is 442 g/mol. The first-order valence-corrected chi connectivity index (χ1v) is 11.7. The molecule has 0 unspecified atom stereocenters. The monoisotopic (exact) mass is 467 g/mol. The van der Waals surface area contributed by atoms with Crippen molar-refractivity contribution in [2.45, 2.75) is 18.9 Å². The third-order valence-corrected chi connectivity index (χ3v) is 6.64. The predicted octanol–water partition coefficient (Wildman–Crippen LogP) is 3.99. The van der Waals surface area contributed by atoms with E-state index in [4.69, 9.17) is 0 Å². The number of hydrogen-bond donors (Lipinski definition) is 0. The van der Waals surface area contributed by atoms with Crippen LogP contribution in [0.15, 0.2) is 84.9 Å². The molecule has 7 nitrogen and oxygen atoms in total. The van der Waals surface area contributed by atoms with Crippen molar-refractivity contribution in [3.63, 3.8) is 0 Å². The summed E-state index contributed by atoms with van der Waals surface area (Å²) in [5.41, 5.74) is 1.86. The molecule has 0 saturated carbocycles. The molecular formula is C28H25N3O4. The maximum Gasteiger partial charge on any atom is 0.332 e. The quantitative estimate of drug-likeness (QED) is 0.420. The number of piperidine rings is 1. The van der Waals surface area contributed by atoms with E-state index in [1.54, 1.807) is 82.6 Å². The van der Waals surface area contributed by atoms with Gasteiger partial charge in [0.2, 0.25) is 0 Å². The van der Waals surface area contributed by atoms with Gasteiger partial charge >= 0.3 is 6.03 Å². The second-order valence-electron chi connectivity index (χ2n) is 8.74. The van der Waals surface area contributed by atoms with E-state index in [0.29, 0.717) is 48.3 Å². The molecule has 176 valence electrons. The molecule has 5 rings (SSSR count). The zero-order valence-electron chi connectivity index (χ0n) is 19.2. The molecule has 0 aromatic heterocycles. The first-order chi connectivity index (χ1) is 17.0. The Labute approximate surface area is 203 Å². The number of ketones is 1. The van der Waals surface area contributed by atoms with E-state index >= 15 is 0 Å². The number of hydrogen-bond acceptors (Lipinski definition) is 4. The van der Waals surface area contributed by atoms with Crippen LogP contribution < -0.4 is 4.90 Å². The van der Waals surface area contributed by atoms with Crippen LogP contribution in [-0.4, -0.2) is 59.1 Å². The number of carbonyl (C=O) groups excluding carboxylic acids is 4. The van der Waals surface area contributed by atoms with Crippen LogP contribution in [0, 0.1) is 0 Å². The number of urea groups is 1. The van der Waals surface area contributed by atoms with Crippen LogP contribution in [0.25, 0.3) is 0 Å². The number of amides is 4. The minimum absolute atomic E-state index is 0.0424. The van der Waals surface area contributed by atoms with Gasteiger partial charge < -0.3 is 9.80 Å². The summed E-state index contributed by atoms with van der Waals surface area (Å²) in [6.45, 7) is 0.933. The number of anilines is 1. The predicted molar refractivity (Wildman–Crippen MR) is 131 cm³/mol. The van der Waals surface area contributed by atoms with Gasteiger partial charge in [0, 0.05) is 30.3 Å². The van der Waals surface area contributed by atoms with Crippen molar-refractivity contribution in [2.24, 2.45) is 0 Å². The van der Waals surface area contributed by atoms with Gasteiger partial charge in [0.25, 0.3) is 11.8 Å². The summed E-state index contributed by atoms with van der Waals surface area (Å²) in [5.74, 6) is -0.627. The van der Waals surface area contributed by atoms with Crippen LogP contribution in [0.1, 0.15) is 39.1 Å². The van der Waals surface area contributed by atoms with Crippen molar-refractivity contribution in [3.8, 4) is 0 Å². The molecule has 2 aliphatic heterocycles. The van der Waals surface area contributed by atoms with E-state index in [1.807, 2.05) is 12.1 Å². The van der Waals surface area contributed by atoms with E-state index in [2.05, 4.69) is 0 Å². The lowest BCUT2D eigenvalue weighted by atomic mass is 9.96. The maximum absolute atomic E-state index is 13.4. The highest BCUT2D eigenvalue weighted by molar-refractivity contribution is 6.20. The first kappa shape index (κ1) is 22.5. The van der Waals surface area contributed by atoms with Crippen LogP contribution in [0.5, 0.6) is 0 Å². The SMILES string of the molecule is O=C(c1ccccc1)c1ccccc1C(=O)N1CCC(N2CC(=O)N(c3ccccc3)C2=O)CC1. The highest BCUT2D eigenvalue weighted by Gasteiger charge is 2.42. The molecule has 0 bridgehead atoms. The van der Waals surface area contributed by atoms with Crippen molar-refractivity contribution in [3.05, 3.63) is 102 Å². The van der Waals surface area contributed by atoms with Gasteiger partial charge in [-0.1, -0.05) is 66.7 Å². The fourth-order valence-electron chi connectivity index (χ4n) is 4.80. The number of imide groups is 1. The van der Waals surface area contributed by atoms with Gasteiger partial charge in [-0.05, 0) is 31.0 Å². The van der Waals surface area contributed by atoms with Crippen LogP contribution in [-0.2, 0) is 4.79 Å². The second-order valence-corrected chi connectivity index (χ2v) is 8.74. The molecule has 0 N–H and O–H groups in total. The Bertz CT molecular complexity index is 1270. The van der Waals surface area contributed by atoms with E-state index in [-0.39, 0.29) is 36.2 Å². The summed E-state index contributed by atoms with van der Waals surface area (Å²) in [6.07, 6.45) is 1.14. The Kier molecular flexibility index (Phi) is 6.14. The first-order valence-electron chi connectivity index (χ1n) is 11.7. The summed E-state index contributed by atoms with van der Waals surface area (Å²) in [7, 11) is 0. The molecule has 0 atom stereocenters. The largest absolute Gasteiger partial charge is 0.338 e. The summed E-state index contributed by atoms with van der Waals surface area (Å²) in [6, 6.07) is 24.3. The average Bonchev–Trinajstić information content (AvgIpc) is 3.22. The number of carbonyl (C=O) groups is 4. The highest BCUT2D eigenvalue weighted by Crippen LogP contribution is 2.27. The van der Waals surface area contributed by atoms with Gasteiger partial charge in [-0.15, -0.1) is 0 Å². The van der Waals surface area contributed by atoms with Crippen molar-refractivity contribution in [1.82, 2.24) is 9.80 Å². The number of rotatable bonds is 5. The van der Waals surface area contributed by atoms with Gasteiger partial charge in [0.1, 0.15) is 6.54 Å². The molecule has 4 amide bonds. The van der Waals surface area contributed by atoms with E-state index in [0.717, 1.165) is 0 Å². The van der Waals surface area contributed by atoms with Crippen molar-refractivity contribution >= 4 is 29.3 Å². The molecule has 0 spiro atoms. The van der Waals surface area contributed by atoms with Crippen molar-refractivity contribution in [1.29, 1.82) is 0 Å². The van der Waals surface area contributed by atoms with Crippen LogP contribution >= 0.6 is 0 Å². The summed E-state index contributed by atoms with van der Waals surface area (Å²) < 4.78 is 0. The lowest BCUT2D eigenvalue weighted by Gasteiger charge is -2.36. The number of benzene rings is 3. The van der Waals surface area contributed by atoms with Gasteiger partial charge in [-0.25, -0.2) is 9.69 Å². The molecule has 2 fully saturated rings. The zero-order valence-corrected chi connectivity index (χ0v) is 19.2. The Balaban J connectivity index is 1.27. The molecule has 0 aliphatic carbocycles. The Morgan fingerprint density at radius 1 is 0.714 bits per heavy atom.